The summed E-state index contributed by atoms with van der Waals surface area (Å²) in [6.07, 6.45) is 5.20. The Bertz CT molecular complexity index is 187. The van der Waals surface area contributed by atoms with Gasteiger partial charge in [-0.3, -0.25) is 4.79 Å². The molecule has 0 atom stereocenters. The van der Waals surface area contributed by atoms with Gasteiger partial charge in [0.15, 0.2) is 0 Å². The Morgan fingerprint density at radius 3 is 2.27 bits per heavy atom. The fourth-order valence-corrected chi connectivity index (χ4v) is 1.15. The van der Waals surface area contributed by atoms with E-state index in [4.69, 9.17) is 6.42 Å². The van der Waals surface area contributed by atoms with Crippen molar-refractivity contribution in [3.05, 3.63) is 0 Å². The van der Waals surface area contributed by atoms with E-state index >= 15 is 0 Å². The maximum Gasteiger partial charge on any atom is 0.219 e. The number of terminal acetylenes is 1. The Morgan fingerprint density at radius 2 is 1.91 bits per heavy atom. The van der Waals surface area contributed by atoms with Crippen LogP contribution in [0.5, 0.6) is 0 Å². The molecule has 0 saturated carbocycles. The van der Waals surface area contributed by atoms with Crippen molar-refractivity contribution in [1.29, 1.82) is 0 Å². The predicted octanol–water partition coefficient (Wildman–Crippen LogP) is -0.259. The van der Waals surface area contributed by atoms with Gasteiger partial charge in [-0.15, -0.1) is 0 Å². The van der Waals surface area contributed by atoms with Crippen LogP contribution in [-0.2, 0) is 4.79 Å². The second-order valence-electron chi connectivity index (χ2n) is 2.62. The molecule has 0 aliphatic carbocycles. The van der Waals surface area contributed by atoms with E-state index in [1.165, 1.54) is 0 Å². The zero-order chi connectivity index (χ0) is 8.27. The summed E-state index contributed by atoms with van der Waals surface area (Å²) in [5.74, 6) is 0.140. The summed E-state index contributed by atoms with van der Waals surface area (Å²) in [4.78, 5) is 14.6. The molecular weight excluding hydrogens is 140 g/mol. The van der Waals surface area contributed by atoms with Crippen LogP contribution in [-0.4, -0.2) is 41.9 Å². The van der Waals surface area contributed by atoms with Crippen LogP contribution in [0.1, 0.15) is 6.92 Å². The fourth-order valence-electron chi connectivity index (χ4n) is 1.15. The van der Waals surface area contributed by atoms with Crippen molar-refractivity contribution in [2.45, 2.75) is 6.92 Å². The summed E-state index contributed by atoms with van der Waals surface area (Å²) < 4.78 is 0. The molecule has 1 amide bonds. The molecule has 0 spiro atoms. The Balaban J connectivity index is 2.37. The van der Waals surface area contributed by atoms with Crippen molar-refractivity contribution in [2.75, 3.05) is 26.2 Å². The molecule has 1 fully saturated rings. The molecule has 0 aromatic heterocycles. The first kappa shape index (κ1) is 7.93. The summed E-state index contributed by atoms with van der Waals surface area (Å²) in [6.45, 7) is 4.72. The highest BCUT2D eigenvalue weighted by atomic mass is 16.2. The Kier molecular flexibility index (Phi) is 2.37. The summed E-state index contributed by atoms with van der Waals surface area (Å²) in [5.41, 5.74) is 0. The zero-order valence-electron chi connectivity index (χ0n) is 6.71. The van der Waals surface area contributed by atoms with Crippen LogP contribution in [0, 0.1) is 12.5 Å². The molecule has 1 rings (SSSR count). The topological polar surface area (TPSA) is 23.6 Å². The van der Waals surface area contributed by atoms with Crippen LogP contribution in [0.4, 0.5) is 0 Å². The lowest BCUT2D eigenvalue weighted by Gasteiger charge is -2.31. The van der Waals surface area contributed by atoms with Crippen LogP contribution in [0.15, 0.2) is 0 Å². The number of amides is 1. The van der Waals surface area contributed by atoms with Gasteiger partial charge in [0.1, 0.15) is 0 Å². The summed E-state index contributed by atoms with van der Waals surface area (Å²) in [7, 11) is 0. The van der Waals surface area contributed by atoms with Gasteiger partial charge in [-0.05, 0) is 0 Å². The van der Waals surface area contributed by atoms with Crippen molar-refractivity contribution in [1.82, 2.24) is 9.80 Å². The number of rotatable bonds is 0. The first-order valence-electron chi connectivity index (χ1n) is 3.70. The molecule has 0 aromatic rings. The molecule has 3 nitrogen and oxygen atoms in total. The normalized spacial score (nSPS) is 17.8. The summed E-state index contributed by atoms with van der Waals surface area (Å²) in [5, 5.41) is 0. The third kappa shape index (κ3) is 1.87. The molecular formula is C8H12N2O. The van der Waals surface area contributed by atoms with Crippen molar-refractivity contribution in [3.63, 3.8) is 0 Å². The fraction of sp³-hybridized carbons (Fsp3) is 0.625. The molecule has 1 aliphatic rings. The minimum atomic E-state index is 0.140. The van der Waals surface area contributed by atoms with E-state index in [0.29, 0.717) is 0 Å². The van der Waals surface area contributed by atoms with Gasteiger partial charge < -0.3 is 9.80 Å². The van der Waals surface area contributed by atoms with Gasteiger partial charge >= 0.3 is 0 Å². The van der Waals surface area contributed by atoms with Gasteiger partial charge in [0, 0.05) is 39.1 Å². The van der Waals surface area contributed by atoms with E-state index < -0.39 is 0 Å². The van der Waals surface area contributed by atoms with Crippen LogP contribution in [0.2, 0.25) is 0 Å². The van der Waals surface area contributed by atoms with Gasteiger partial charge in [-0.2, -0.15) is 0 Å². The highest BCUT2D eigenvalue weighted by Crippen LogP contribution is 1.99. The van der Waals surface area contributed by atoms with Crippen molar-refractivity contribution >= 4 is 5.91 Å². The van der Waals surface area contributed by atoms with E-state index in [9.17, 15) is 4.79 Å². The number of hydrogen-bond acceptors (Lipinski definition) is 2. The smallest absolute Gasteiger partial charge is 0.219 e. The van der Waals surface area contributed by atoms with Gasteiger partial charge in [0.05, 0.1) is 0 Å². The monoisotopic (exact) mass is 152 g/mol. The molecule has 60 valence electrons. The molecule has 1 heterocycles. The third-order valence-electron chi connectivity index (χ3n) is 1.91. The third-order valence-corrected chi connectivity index (χ3v) is 1.91. The van der Waals surface area contributed by atoms with Gasteiger partial charge in [-0.1, -0.05) is 6.42 Å². The molecule has 0 bridgehead atoms. The minimum absolute atomic E-state index is 0.140. The SMILES string of the molecule is C#CN1CCN(C(C)=O)CC1. The van der Waals surface area contributed by atoms with Crippen LogP contribution in [0.25, 0.3) is 0 Å². The van der Waals surface area contributed by atoms with Gasteiger partial charge in [0.2, 0.25) is 5.91 Å². The number of piperazine rings is 1. The second-order valence-corrected chi connectivity index (χ2v) is 2.62. The highest BCUT2D eigenvalue weighted by molar-refractivity contribution is 5.73. The lowest BCUT2D eigenvalue weighted by molar-refractivity contribution is -0.130. The van der Waals surface area contributed by atoms with E-state index in [1.54, 1.807) is 6.92 Å². The standard InChI is InChI=1S/C8H12N2O/c1-3-9-4-6-10(7-5-9)8(2)11/h1H,4-7H2,2H3. The number of carbonyl (C=O) groups is 1. The van der Waals surface area contributed by atoms with Crippen molar-refractivity contribution in [3.8, 4) is 12.5 Å². The van der Waals surface area contributed by atoms with Gasteiger partial charge in [0.25, 0.3) is 0 Å². The van der Waals surface area contributed by atoms with Gasteiger partial charge in [-0.25, -0.2) is 0 Å². The Morgan fingerprint density at radius 1 is 1.36 bits per heavy atom. The molecule has 3 heteroatoms. The predicted molar refractivity (Wildman–Crippen MR) is 42.7 cm³/mol. The van der Waals surface area contributed by atoms with Crippen LogP contribution in [0.3, 0.4) is 0 Å². The molecule has 1 saturated heterocycles. The Labute approximate surface area is 67.0 Å². The molecule has 0 unspecified atom stereocenters. The summed E-state index contributed by atoms with van der Waals surface area (Å²) >= 11 is 0. The minimum Gasteiger partial charge on any atom is -0.339 e. The highest BCUT2D eigenvalue weighted by Gasteiger charge is 2.15. The van der Waals surface area contributed by atoms with E-state index in [2.05, 4.69) is 6.04 Å². The van der Waals surface area contributed by atoms with E-state index in [0.717, 1.165) is 26.2 Å². The zero-order valence-corrected chi connectivity index (χ0v) is 6.71. The molecule has 1 aliphatic heterocycles. The lowest BCUT2D eigenvalue weighted by Crippen LogP contribution is -2.46. The first-order valence-corrected chi connectivity index (χ1v) is 3.70. The maximum atomic E-state index is 10.8. The maximum absolute atomic E-state index is 10.8. The van der Waals surface area contributed by atoms with Crippen LogP contribution < -0.4 is 0 Å². The number of hydrogen-bond donors (Lipinski definition) is 0. The molecule has 0 N–H and O–H groups in total. The number of nitrogens with zero attached hydrogens (tertiary/aromatic N) is 2. The van der Waals surface area contributed by atoms with Crippen molar-refractivity contribution in [2.24, 2.45) is 0 Å². The summed E-state index contributed by atoms with van der Waals surface area (Å²) in [6, 6.07) is 2.56. The Hall–Kier alpha value is -1.17. The largest absolute Gasteiger partial charge is 0.339 e. The average Bonchev–Trinajstić information content (AvgIpc) is 2.05. The molecule has 11 heavy (non-hydrogen) atoms. The second kappa shape index (κ2) is 3.29. The first-order chi connectivity index (χ1) is 5.24. The van der Waals surface area contributed by atoms with E-state index in [1.807, 2.05) is 9.80 Å². The average molecular weight is 152 g/mol. The van der Waals surface area contributed by atoms with E-state index in [-0.39, 0.29) is 5.91 Å². The lowest BCUT2D eigenvalue weighted by atomic mass is 10.3. The number of carbonyl (C=O) groups excluding carboxylic acids is 1. The molecule has 0 aromatic carbocycles. The molecule has 0 radical (unpaired) electrons. The quantitative estimate of drug-likeness (QED) is 0.446. The van der Waals surface area contributed by atoms with Crippen LogP contribution >= 0.6 is 0 Å². The van der Waals surface area contributed by atoms with Crippen molar-refractivity contribution < 1.29 is 4.79 Å².